The molecule has 54 heavy (non-hydrogen) atoms. The minimum absolute atomic E-state index is 0.100. The van der Waals surface area contributed by atoms with E-state index >= 15 is 0 Å². The number of carboxylic acids is 1. The predicted octanol–water partition coefficient (Wildman–Crippen LogP) is 13.6. The number of esters is 1. The van der Waals surface area contributed by atoms with E-state index in [0.717, 1.165) is 96.3 Å². The summed E-state index contributed by atoms with van der Waals surface area (Å²) in [6.07, 6.45) is 58.6. The largest absolute Gasteiger partial charge is 0.480 e. The number of carbonyl (C=O) groups is 3. The molecule has 0 heterocycles. The standard InChI is InChI=1S/C48H79NO5/c1-3-5-7-9-11-13-15-16-17-18-19-20-21-22-23-24-26-28-30-35-39-43-48(53)54-45(40-36-32-29-27-25-14-12-10-8-6-4-2)41-37-33-31-34-38-42-46(50)49-44-47(51)52/h5,7,11-14,16-17,19-20,27,29,36,40,45H,3-4,6,8-10,15,18,21-26,28,30-35,37-39,41-44H2,1-2H3,(H,49,50)(H,51,52)/b7-5-,13-11-,14-12-,17-16-,20-19-,29-27-,40-36-. The fourth-order valence-electron chi connectivity index (χ4n) is 5.84. The van der Waals surface area contributed by atoms with Crippen molar-refractivity contribution < 1.29 is 24.2 Å². The van der Waals surface area contributed by atoms with Crippen molar-refractivity contribution in [1.82, 2.24) is 5.32 Å². The van der Waals surface area contributed by atoms with Crippen LogP contribution in [0.5, 0.6) is 0 Å². The number of allylic oxidation sites excluding steroid dienone is 13. The number of carbonyl (C=O) groups excluding carboxylic acids is 2. The molecule has 0 aliphatic heterocycles. The number of aliphatic carboxylic acids is 1. The maximum absolute atomic E-state index is 12.7. The summed E-state index contributed by atoms with van der Waals surface area (Å²) in [5.74, 6) is -1.34. The second-order valence-electron chi connectivity index (χ2n) is 14.2. The molecule has 6 nitrogen and oxygen atoms in total. The van der Waals surface area contributed by atoms with Crippen LogP contribution in [0.15, 0.2) is 85.1 Å². The summed E-state index contributed by atoms with van der Waals surface area (Å²) in [7, 11) is 0. The van der Waals surface area contributed by atoms with Crippen molar-refractivity contribution in [3.8, 4) is 0 Å². The van der Waals surface area contributed by atoms with Gasteiger partial charge in [-0.05, 0) is 96.0 Å². The molecule has 0 aliphatic carbocycles. The summed E-state index contributed by atoms with van der Waals surface area (Å²) < 4.78 is 5.92. The average Bonchev–Trinajstić information content (AvgIpc) is 3.16. The van der Waals surface area contributed by atoms with Gasteiger partial charge >= 0.3 is 11.9 Å². The van der Waals surface area contributed by atoms with Gasteiger partial charge in [0.15, 0.2) is 0 Å². The molecule has 1 amide bonds. The molecule has 0 aromatic carbocycles. The summed E-state index contributed by atoms with van der Waals surface area (Å²) in [5, 5.41) is 11.1. The van der Waals surface area contributed by atoms with Gasteiger partial charge in [0.1, 0.15) is 12.6 Å². The van der Waals surface area contributed by atoms with E-state index in [1.165, 1.54) is 64.2 Å². The molecule has 6 heteroatoms. The SMILES string of the molecule is CC/C=C\C/C=C\C/C=C\C/C=C\CCCCCCCCCCC(=O)OC(/C=C\C/C=C\C/C=C\CCCCC)CCCCCCCC(=O)NCC(=O)O. The van der Waals surface area contributed by atoms with Crippen molar-refractivity contribution in [2.24, 2.45) is 0 Å². The third kappa shape index (κ3) is 41.3. The highest BCUT2D eigenvalue weighted by Gasteiger charge is 2.11. The van der Waals surface area contributed by atoms with Crippen molar-refractivity contribution in [3.63, 3.8) is 0 Å². The molecule has 0 fully saturated rings. The highest BCUT2D eigenvalue weighted by atomic mass is 16.5. The van der Waals surface area contributed by atoms with Crippen molar-refractivity contribution in [1.29, 1.82) is 0 Å². The number of hydrogen-bond donors (Lipinski definition) is 2. The second kappa shape index (κ2) is 42.3. The summed E-state index contributed by atoms with van der Waals surface area (Å²) in [6, 6.07) is 0. The Labute approximate surface area is 331 Å². The lowest BCUT2D eigenvalue weighted by Crippen LogP contribution is -2.28. The Kier molecular flexibility index (Phi) is 39.7. The quantitative estimate of drug-likeness (QED) is 0.0372. The Bertz CT molecular complexity index is 1100. The number of amides is 1. The molecule has 0 aromatic heterocycles. The van der Waals surface area contributed by atoms with Gasteiger partial charge in [0, 0.05) is 12.8 Å². The van der Waals surface area contributed by atoms with Crippen LogP contribution >= 0.6 is 0 Å². The molecule has 0 aliphatic rings. The van der Waals surface area contributed by atoms with Crippen LogP contribution in [-0.4, -0.2) is 35.6 Å². The first kappa shape index (κ1) is 50.6. The first-order chi connectivity index (χ1) is 26.5. The van der Waals surface area contributed by atoms with Crippen LogP contribution < -0.4 is 5.32 Å². The molecule has 1 atom stereocenters. The van der Waals surface area contributed by atoms with E-state index in [2.05, 4.69) is 104 Å². The maximum Gasteiger partial charge on any atom is 0.322 e. The molecule has 0 bridgehead atoms. The first-order valence-corrected chi connectivity index (χ1v) is 21.7. The predicted molar refractivity (Wildman–Crippen MR) is 231 cm³/mol. The van der Waals surface area contributed by atoms with Crippen molar-refractivity contribution >= 4 is 17.8 Å². The van der Waals surface area contributed by atoms with Crippen LogP contribution in [0.4, 0.5) is 0 Å². The van der Waals surface area contributed by atoms with Gasteiger partial charge in [-0.15, -0.1) is 0 Å². The number of rotatable bonds is 38. The fraction of sp³-hybridized carbons (Fsp3) is 0.646. The molecular weight excluding hydrogens is 671 g/mol. The smallest absolute Gasteiger partial charge is 0.322 e. The second-order valence-corrected chi connectivity index (χ2v) is 14.2. The van der Waals surface area contributed by atoms with E-state index in [4.69, 9.17) is 9.84 Å². The summed E-state index contributed by atoms with van der Waals surface area (Å²) >= 11 is 0. The van der Waals surface area contributed by atoms with Crippen molar-refractivity contribution in [3.05, 3.63) is 85.1 Å². The van der Waals surface area contributed by atoms with Crippen molar-refractivity contribution in [2.45, 2.75) is 193 Å². The van der Waals surface area contributed by atoms with E-state index < -0.39 is 5.97 Å². The van der Waals surface area contributed by atoms with E-state index in [1.54, 1.807) is 0 Å². The normalized spacial score (nSPS) is 12.9. The van der Waals surface area contributed by atoms with Crippen LogP contribution in [0.2, 0.25) is 0 Å². The highest BCUT2D eigenvalue weighted by molar-refractivity contribution is 5.80. The first-order valence-electron chi connectivity index (χ1n) is 21.7. The number of carboxylic acid groups (broad SMARTS) is 1. The molecule has 0 spiro atoms. The van der Waals surface area contributed by atoms with Gasteiger partial charge in [0.25, 0.3) is 0 Å². The van der Waals surface area contributed by atoms with Gasteiger partial charge in [-0.25, -0.2) is 0 Å². The molecule has 2 N–H and O–H groups in total. The van der Waals surface area contributed by atoms with E-state index in [0.29, 0.717) is 12.8 Å². The monoisotopic (exact) mass is 750 g/mol. The summed E-state index contributed by atoms with van der Waals surface area (Å²) in [6.45, 7) is 4.06. The minimum atomic E-state index is -1.03. The average molecular weight is 750 g/mol. The van der Waals surface area contributed by atoms with Crippen LogP contribution in [0.1, 0.15) is 187 Å². The lowest BCUT2D eigenvalue weighted by atomic mass is 10.1. The molecule has 0 saturated carbocycles. The maximum atomic E-state index is 12.7. The molecule has 1 unspecified atom stereocenters. The van der Waals surface area contributed by atoms with Crippen molar-refractivity contribution in [2.75, 3.05) is 6.54 Å². The molecule has 306 valence electrons. The zero-order valence-corrected chi connectivity index (χ0v) is 34.5. The fourth-order valence-corrected chi connectivity index (χ4v) is 5.84. The number of unbranched alkanes of at least 4 members (excludes halogenated alkanes) is 15. The van der Waals surface area contributed by atoms with Gasteiger partial charge < -0.3 is 15.2 Å². The Hall–Kier alpha value is -3.41. The van der Waals surface area contributed by atoms with Gasteiger partial charge in [-0.1, -0.05) is 163 Å². The van der Waals surface area contributed by atoms with E-state index in [-0.39, 0.29) is 24.5 Å². The third-order valence-electron chi connectivity index (χ3n) is 9.04. The summed E-state index contributed by atoms with van der Waals surface area (Å²) in [5.41, 5.74) is 0. The molecule has 0 aromatic rings. The lowest BCUT2D eigenvalue weighted by molar-refractivity contribution is -0.147. The molecular formula is C48H79NO5. The molecule has 0 radical (unpaired) electrons. The molecule has 0 saturated heterocycles. The van der Waals surface area contributed by atoms with E-state index in [1.807, 2.05) is 0 Å². The van der Waals surface area contributed by atoms with Gasteiger partial charge in [-0.3, -0.25) is 14.4 Å². The van der Waals surface area contributed by atoms with Gasteiger partial charge in [0.2, 0.25) is 5.91 Å². The lowest BCUT2D eigenvalue weighted by Gasteiger charge is -2.14. The highest BCUT2D eigenvalue weighted by Crippen LogP contribution is 2.15. The minimum Gasteiger partial charge on any atom is -0.480 e. The zero-order valence-electron chi connectivity index (χ0n) is 34.5. The number of hydrogen-bond acceptors (Lipinski definition) is 4. The van der Waals surface area contributed by atoms with Crippen LogP contribution in [0, 0.1) is 0 Å². The van der Waals surface area contributed by atoms with Gasteiger partial charge in [0.05, 0.1) is 0 Å². The zero-order chi connectivity index (χ0) is 39.4. The molecule has 0 rings (SSSR count). The number of nitrogens with one attached hydrogen (secondary N) is 1. The van der Waals surface area contributed by atoms with Crippen LogP contribution in [-0.2, 0) is 19.1 Å². The Morgan fingerprint density at radius 1 is 0.519 bits per heavy atom. The Morgan fingerprint density at radius 3 is 1.50 bits per heavy atom. The van der Waals surface area contributed by atoms with Gasteiger partial charge in [-0.2, -0.15) is 0 Å². The van der Waals surface area contributed by atoms with Crippen LogP contribution in [0.3, 0.4) is 0 Å². The van der Waals surface area contributed by atoms with Crippen LogP contribution in [0.25, 0.3) is 0 Å². The Balaban J connectivity index is 4.22. The van der Waals surface area contributed by atoms with E-state index in [9.17, 15) is 14.4 Å². The topological polar surface area (TPSA) is 92.7 Å². The summed E-state index contributed by atoms with van der Waals surface area (Å²) in [4.78, 5) is 35.0. The number of ether oxygens (including phenoxy) is 1. The Morgan fingerprint density at radius 2 is 0.963 bits per heavy atom. The third-order valence-corrected chi connectivity index (χ3v) is 9.04.